The van der Waals surface area contributed by atoms with E-state index in [1.54, 1.807) is 11.8 Å². The van der Waals surface area contributed by atoms with Crippen molar-refractivity contribution in [1.29, 1.82) is 0 Å². The highest BCUT2D eigenvalue weighted by Crippen LogP contribution is 2.17. The van der Waals surface area contributed by atoms with Gasteiger partial charge in [0.1, 0.15) is 0 Å². The summed E-state index contributed by atoms with van der Waals surface area (Å²) in [5.41, 5.74) is 2.45. The second-order valence-electron chi connectivity index (χ2n) is 6.39. The van der Waals surface area contributed by atoms with E-state index >= 15 is 0 Å². The maximum Gasteiger partial charge on any atom is 0.221 e. The van der Waals surface area contributed by atoms with E-state index in [0.717, 1.165) is 44.2 Å². The molecule has 138 valence electrons. The van der Waals surface area contributed by atoms with Crippen molar-refractivity contribution in [2.45, 2.75) is 24.4 Å². The first-order valence-electron chi connectivity index (χ1n) is 9.12. The Morgan fingerprint density at radius 1 is 1.00 bits per heavy atom. The number of carbonyl (C=O) groups is 1. The fourth-order valence-corrected chi connectivity index (χ4v) is 3.72. The zero-order valence-corrected chi connectivity index (χ0v) is 15.8. The highest BCUT2D eigenvalue weighted by molar-refractivity contribution is 7.99. The number of rotatable bonds is 8. The molecule has 1 fully saturated rings. The molecular weight excluding hydrogens is 344 g/mol. The average Bonchev–Trinajstić information content (AvgIpc) is 2.69. The zero-order valence-electron chi connectivity index (χ0n) is 15.0. The smallest absolute Gasteiger partial charge is 0.221 e. The number of amides is 1. The van der Waals surface area contributed by atoms with Gasteiger partial charge in [0, 0.05) is 43.2 Å². The van der Waals surface area contributed by atoms with E-state index in [-0.39, 0.29) is 5.91 Å². The van der Waals surface area contributed by atoms with Gasteiger partial charge in [-0.3, -0.25) is 9.69 Å². The summed E-state index contributed by atoms with van der Waals surface area (Å²) in [6.07, 6.45) is 0.536. The first kappa shape index (κ1) is 19.0. The highest BCUT2D eigenvalue weighted by Gasteiger charge is 2.10. The molecule has 1 saturated heterocycles. The van der Waals surface area contributed by atoms with E-state index in [1.807, 2.05) is 18.2 Å². The van der Waals surface area contributed by atoms with Crippen molar-refractivity contribution in [1.82, 2.24) is 10.2 Å². The summed E-state index contributed by atoms with van der Waals surface area (Å²) in [6, 6.07) is 18.7. The monoisotopic (exact) mass is 370 g/mol. The van der Waals surface area contributed by atoms with Crippen molar-refractivity contribution >= 4 is 17.7 Å². The molecule has 4 nitrogen and oxygen atoms in total. The maximum absolute atomic E-state index is 12.0. The number of thioether (sulfide) groups is 1. The molecule has 1 N–H and O–H groups in total. The quantitative estimate of drug-likeness (QED) is 0.724. The van der Waals surface area contributed by atoms with Crippen LogP contribution in [0.3, 0.4) is 0 Å². The molecule has 0 radical (unpaired) electrons. The Morgan fingerprint density at radius 3 is 2.42 bits per heavy atom. The number of hydrogen-bond donors (Lipinski definition) is 1. The van der Waals surface area contributed by atoms with Crippen LogP contribution in [0.2, 0.25) is 0 Å². The summed E-state index contributed by atoms with van der Waals surface area (Å²) < 4.78 is 5.38. The summed E-state index contributed by atoms with van der Waals surface area (Å²) in [4.78, 5) is 15.6. The molecule has 1 aliphatic rings. The van der Waals surface area contributed by atoms with Gasteiger partial charge in [-0.1, -0.05) is 42.5 Å². The molecule has 0 saturated carbocycles. The fraction of sp³-hybridized carbons (Fsp3) is 0.381. The first-order valence-corrected chi connectivity index (χ1v) is 10.1. The SMILES string of the molecule is O=C(CCSc1ccccc1)NCc1ccc(CN2CCOCC2)cc1. The second-order valence-corrected chi connectivity index (χ2v) is 7.56. The topological polar surface area (TPSA) is 41.6 Å². The maximum atomic E-state index is 12.0. The minimum Gasteiger partial charge on any atom is -0.379 e. The van der Waals surface area contributed by atoms with Crippen LogP contribution in [0.5, 0.6) is 0 Å². The van der Waals surface area contributed by atoms with E-state index in [2.05, 4.69) is 46.6 Å². The lowest BCUT2D eigenvalue weighted by atomic mass is 10.1. The molecule has 5 heteroatoms. The highest BCUT2D eigenvalue weighted by atomic mass is 32.2. The van der Waals surface area contributed by atoms with Crippen molar-refractivity contribution in [3.8, 4) is 0 Å². The standard InChI is InChI=1S/C21H26N2O2S/c24-21(10-15-26-20-4-2-1-3-5-20)22-16-18-6-8-19(9-7-18)17-23-11-13-25-14-12-23/h1-9H,10-17H2,(H,22,24). The molecule has 0 aromatic heterocycles. The molecule has 2 aromatic carbocycles. The van der Waals surface area contributed by atoms with E-state index < -0.39 is 0 Å². The molecule has 0 spiro atoms. The predicted octanol–water partition coefficient (Wildman–Crippen LogP) is 3.32. The molecule has 1 aliphatic heterocycles. The summed E-state index contributed by atoms with van der Waals surface area (Å²) in [7, 11) is 0. The van der Waals surface area contributed by atoms with Gasteiger partial charge in [-0.05, 0) is 23.3 Å². The first-order chi connectivity index (χ1) is 12.8. The summed E-state index contributed by atoms with van der Waals surface area (Å²) >= 11 is 1.71. The van der Waals surface area contributed by atoms with E-state index in [9.17, 15) is 4.79 Å². The normalized spacial score (nSPS) is 14.9. The lowest BCUT2D eigenvalue weighted by Crippen LogP contribution is -2.35. The van der Waals surface area contributed by atoms with Crippen LogP contribution in [0, 0.1) is 0 Å². The van der Waals surface area contributed by atoms with Crippen molar-refractivity contribution < 1.29 is 9.53 Å². The van der Waals surface area contributed by atoms with Crippen molar-refractivity contribution in [3.05, 3.63) is 65.7 Å². The van der Waals surface area contributed by atoms with Crippen molar-refractivity contribution in [2.24, 2.45) is 0 Å². The van der Waals surface area contributed by atoms with E-state index in [0.29, 0.717) is 13.0 Å². The lowest BCUT2D eigenvalue weighted by molar-refractivity contribution is -0.120. The number of carbonyl (C=O) groups excluding carboxylic acids is 1. The van der Waals surface area contributed by atoms with Crippen LogP contribution in [-0.2, 0) is 22.6 Å². The minimum absolute atomic E-state index is 0.103. The lowest BCUT2D eigenvalue weighted by Gasteiger charge is -2.26. The van der Waals surface area contributed by atoms with Gasteiger partial charge in [-0.2, -0.15) is 0 Å². The average molecular weight is 371 g/mol. The van der Waals surface area contributed by atoms with Crippen molar-refractivity contribution in [3.63, 3.8) is 0 Å². The Bertz CT molecular complexity index is 670. The van der Waals surface area contributed by atoms with Gasteiger partial charge in [-0.25, -0.2) is 0 Å². The van der Waals surface area contributed by atoms with Gasteiger partial charge in [-0.15, -0.1) is 11.8 Å². The van der Waals surface area contributed by atoms with Crippen LogP contribution in [0.15, 0.2) is 59.5 Å². The molecular formula is C21H26N2O2S. The van der Waals surface area contributed by atoms with Gasteiger partial charge >= 0.3 is 0 Å². The van der Waals surface area contributed by atoms with Crippen LogP contribution >= 0.6 is 11.8 Å². The molecule has 0 atom stereocenters. The number of ether oxygens (including phenoxy) is 1. The molecule has 0 unspecified atom stereocenters. The number of morpholine rings is 1. The Labute approximate surface area is 159 Å². The van der Waals surface area contributed by atoms with Gasteiger partial charge in [0.05, 0.1) is 13.2 Å². The third-order valence-corrected chi connectivity index (χ3v) is 5.38. The number of hydrogen-bond acceptors (Lipinski definition) is 4. The molecule has 1 heterocycles. The molecule has 0 aliphatic carbocycles. The number of nitrogens with one attached hydrogen (secondary N) is 1. The Kier molecular flexibility index (Phi) is 7.55. The van der Waals surface area contributed by atoms with Crippen LogP contribution < -0.4 is 5.32 Å². The summed E-state index contributed by atoms with van der Waals surface area (Å²) in [6.45, 7) is 5.20. The van der Waals surface area contributed by atoms with Gasteiger partial charge < -0.3 is 10.1 Å². The molecule has 3 rings (SSSR count). The number of benzene rings is 2. The van der Waals surface area contributed by atoms with E-state index in [4.69, 9.17) is 4.74 Å². The van der Waals surface area contributed by atoms with Gasteiger partial charge in [0.2, 0.25) is 5.91 Å². The minimum atomic E-state index is 0.103. The van der Waals surface area contributed by atoms with Gasteiger partial charge in [0.15, 0.2) is 0 Å². The van der Waals surface area contributed by atoms with Crippen LogP contribution in [0.4, 0.5) is 0 Å². The summed E-state index contributed by atoms with van der Waals surface area (Å²) in [5, 5.41) is 3.01. The third-order valence-electron chi connectivity index (χ3n) is 4.36. The Balaban J connectivity index is 1.35. The zero-order chi connectivity index (χ0) is 18.0. The molecule has 1 amide bonds. The number of nitrogens with zero attached hydrogens (tertiary/aromatic N) is 1. The molecule has 0 bridgehead atoms. The largest absolute Gasteiger partial charge is 0.379 e. The van der Waals surface area contributed by atoms with Crippen molar-refractivity contribution in [2.75, 3.05) is 32.1 Å². The molecule has 26 heavy (non-hydrogen) atoms. The third kappa shape index (κ3) is 6.48. The summed E-state index contributed by atoms with van der Waals surface area (Å²) in [5.74, 6) is 0.903. The molecule has 2 aromatic rings. The Hall–Kier alpha value is -1.82. The van der Waals surface area contributed by atoms with Gasteiger partial charge in [0.25, 0.3) is 0 Å². The van der Waals surface area contributed by atoms with Crippen LogP contribution in [-0.4, -0.2) is 42.9 Å². The van der Waals surface area contributed by atoms with E-state index in [1.165, 1.54) is 10.5 Å². The van der Waals surface area contributed by atoms with Crippen LogP contribution in [0.25, 0.3) is 0 Å². The second kappa shape index (κ2) is 10.4. The Morgan fingerprint density at radius 2 is 1.69 bits per heavy atom. The predicted molar refractivity (Wildman–Crippen MR) is 106 cm³/mol. The fourth-order valence-electron chi connectivity index (χ4n) is 2.85. The van der Waals surface area contributed by atoms with Crippen LogP contribution in [0.1, 0.15) is 17.5 Å².